The third-order valence-corrected chi connectivity index (χ3v) is 13.8. The maximum atomic E-state index is 11.3. The molecular formula is C60H34N6. The molecule has 14 aromatic rings. The Balaban J connectivity index is 1.08. The van der Waals surface area contributed by atoms with E-state index in [1.54, 1.807) is 0 Å². The van der Waals surface area contributed by atoms with Crippen molar-refractivity contribution in [2.24, 2.45) is 0 Å². The van der Waals surface area contributed by atoms with E-state index in [4.69, 9.17) is 6.57 Å². The zero-order chi connectivity index (χ0) is 43.6. The van der Waals surface area contributed by atoms with E-state index in [-0.39, 0.29) is 0 Å². The molecule has 0 saturated heterocycles. The summed E-state index contributed by atoms with van der Waals surface area (Å²) in [4.78, 5) is 4.29. The molecule has 0 spiro atoms. The molecule has 304 valence electrons. The second-order valence-corrected chi connectivity index (χ2v) is 17.1. The highest BCUT2D eigenvalue weighted by Gasteiger charge is 2.25. The summed E-state index contributed by atoms with van der Waals surface area (Å²) in [5.74, 6) is 0. The molecule has 0 fully saturated rings. The van der Waals surface area contributed by atoms with Crippen molar-refractivity contribution in [3.05, 3.63) is 223 Å². The molecule has 0 aliphatic carbocycles. The summed E-state index contributed by atoms with van der Waals surface area (Å²) in [5.41, 5.74) is 12.6. The van der Waals surface area contributed by atoms with Crippen LogP contribution in [-0.2, 0) is 0 Å². The van der Waals surface area contributed by atoms with Crippen molar-refractivity contribution in [1.82, 2.24) is 18.3 Å². The van der Waals surface area contributed by atoms with Gasteiger partial charge in [0.25, 0.3) is 0 Å². The molecule has 14 rings (SSSR count). The quantitative estimate of drug-likeness (QED) is 0.163. The minimum atomic E-state index is 0.448. The zero-order valence-corrected chi connectivity index (χ0v) is 35.3. The number of nitriles is 1. The van der Waals surface area contributed by atoms with E-state index >= 15 is 0 Å². The van der Waals surface area contributed by atoms with Crippen LogP contribution in [0.15, 0.2) is 206 Å². The smallest absolute Gasteiger partial charge is 0.212 e. The number of hydrogen-bond donors (Lipinski definition) is 0. The lowest BCUT2D eigenvalue weighted by Gasteiger charge is -2.17. The van der Waals surface area contributed by atoms with Gasteiger partial charge < -0.3 is 18.3 Å². The van der Waals surface area contributed by atoms with E-state index in [1.807, 2.05) is 24.3 Å². The topological polar surface area (TPSA) is 47.9 Å². The summed E-state index contributed by atoms with van der Waals surface area (Å²) in [6, 6.07) is 75.0. The molecule has 0 radical (unpaired) electrons. The van der Waals surface area contributed by atoms with E-state index in [0.717, 1.165) is 98.6 Å². The highest BCUT2D eigenvalue weighted by molar-refractivity contribution is 6.25. The highest BCUT2D eigenvalue weighted by Crippen LogP contribution is 2.45. The van der Waals surface area contributed by atoms with Gasteiger partial charge in [0.05, 0.1) is 67.6 Å². The fourth-order valence-corrected chi connectivity index (χ4v) is 11.1. The molecule has 0 bridgehead atoms. The van der Waals surface area contributed by atoms with Gasteiger partial charge in [-0.3, -0.25) is 0 Å². The Bertz CT molecular complexity index is 4430. The summed E-state index contributed by atoms with van der Waals surface area (Å²) in [6.45, 7) is 8.85. The molecule has 4 heterocycles. The van der Waals surface area contributed by atoms with E-state index in [9.17, 15) is 5.26 Å². The first-order chi connectivity index (χ1) is 32.7. The number of hydrogen-bond acceptors (Lipinski definition) is 1. The van der Waals surface area contributed by atoms with Crippen molar-refractivity contribution in [3.8, 4) is 28.8 Å². The zero-order valence-electron chi connectivity index (χ0n) is 35.3. The molecule has 6 heteroatoms. The summed E-state index contributed by atoms with van der Waals surface area (Å²) in [6.07, 6.45) is 0. The predicted octanol–water partition coefficient (Wildman–Crippen LogP) is 15.7. The standard InChI is InChI=1S/C60H34N6/c1-62-49-35-56(66-53-26-14-10-22-45(53)47-30-29-46-44-21-9-13-25-52(44)64(59(46)60(47)66)39-16-3-2-4-17-39)38(36-61)33-57(49)65-54-32-28-40(34-48(54)58-41-18-6-5-15-37(41)27-31-55(58)65)63-50-23-11-7-19-42(50)43-20-8-12-24-51(43)63/h2-35H. The van der Waals surface area contributed by atoms with Crippen LogP contribution in [0.1, 0.15) is 5.56 Å². The van der Waals surface area contributed by atoms with Crippen LogP contribution in [0.5, 0.6) is 0 Å². The van der Waals surface area contributed by atoms with Crippen LogP contribution < -0.4 is 0 Å². The molecule has 10 aromatic carbocycles. The largest absolute Gasteiger partial charge is 0.319 e. The average Bonchev–Trinajstić information content (AvgIpc) is 4.11. The van der Waals surface area contributed by atoms with Crippen LogP contribution in [0.3, 0.4) is 0 Å². The number of rotatable bonds is 4. The van der Waals surface area contributed by atoms with Gasteiger partial charge in [-0.05, 0) is 83.6 Å². The minimum Gasteiger partial charge on any atom is -0.319 e. The Labute approximate surface area is 377 Å². The van der Waals surface area contributed by atoms with Crippen LogP contribution in [-0.4, -0.2) is 18.3 Å². The lowest BCUT2D eigenvalue weighted by atomic mass is 10.0. The second-order valence-electron chi connectivity index (χ2n) is 17.1. The number of fused-ring (bicyclic) bond motifs is 15. The van der Waals surface area contributed by atoms with Gasteiger partial charge in [0, 0.05) is 54.5 Å². The van der Waals surface area contributed by atoms with Gasteiger partial charge in [-0.1, -0.05) is 133 Å². The van der Waals surface area contributed by atoms with Gasteiger partial charge in [-0.15, -0.1) is 0 Å². The van der Waals surface area contributed by atoms with Crippen molar-refractivity contribution in [3.63, 3.8) is 0 Å². The Hall–Kier alpha value is -9.36. The second kappa shape index (κ2) is 13.6. The molecule has 0 N–H and O–H groups in total. The Morgan fingerprint density at radius 3 is 1.52 bits per heavy atom. The maximum absolute atomic E-state index is 11.3. The van der Waals surface area contributed by atoms with Crippen LogP contribution in [0.25, 0.3) is 126 Å². The van der Waals surface area contributed by atoms with Gasteiger partial charge >= 0.3 is 0 Å². The summed E-state index contributed by atoms with van der Waals surface area (Å²) in [7, 11) is 0. The molecule has 6 nitrogen and oxygen atoms in total. The van der Waals surface area contributed by atoms with Gasteiger partial charge in [-0.25, -0.2) is 4.85 Å². The van der Waals surface area contributed by atoms with E-state index in [1.165, 1.54) is 10.8 Å². The molecule has 66 heavy (non-hydrogen) atoms. The molecular weight excluding hydrogens is 805 g/mol. The number of aromatic nitrogens is 4. The van der Waals surface area contributed by atoms with Crippen molar-refractivity contribution in [2.45, 2.75) is 0 Å². The lowest BCUT2D eigenvalue weighted by Crippen LogP contribution is -2.03. The maximum Gasteiger partial charge on any atom is 0.212 e. The summed E-state index contributed by atoms with van der Waals surface area (Å²) < 4.78 is 9.11. The van der Waals surface area contributed by atoms with Crippen molar-refractivity contribution in [2.75, 3.05) is 0 Å². The van der Waals surface area contributed by atoms with Crippen LogP contribution in [0, 0.1) is 17.9 Å². The number of para-hydroxylation sites is 5. The molecule has 0 amide bonds. The number of benzene rings is 10. The average molecular weight is 839 g/mol. The van der Waals surface area contributed by atoms with Crippen LogP contribution >= 0.6 is 0 Å². The van der Waals surface area contributed by atoms with Crippen LogP contribution in [0.4, 0.5) is 5.69 Å². The van der Waals surface area contributed by atoms with Gasteiger partial charge in [0.15, 0.2) is 0 Å². The third-order valence-electron chi connectivity index (χ3n) is 13.8. The first-order valence-corrected chi connectivity index (χ1v) is 22.1. The van der Waals surface area contributed by atoms with Gasteiger partial charge in [-0.2, -0.15) is 5.26 Å². The highest BCUT2D eigenvalue weighted by atomic mass is 15.1. The summed E-state index contributed by atoms with van der Waals surface area (Å²) in [5, 5.41) is 22.6. The molecule has 4 aromatic heterocycles. The molecule has 0 unspecified atom stereocenters. The lowest BCUT2D eigenvalue weighted by molar-refractivity contribution is 1.13. The summed E-state index contributed by atoms with van der Waals surface area (Å²) >= 11 is 0. The first-order valence-electron chi connectivity index (χ1n) is 22.1. The van der Waals surface area contributed by atoms with Gasteiger partial charge in [0.1, 0.15) is 6.07 Å². The normalized spacial score (nSPS) is 11.9. The van der Waals surface area contributed by atoms with E-state index in [0.29, 0.717) is 22.6 Å². The number of nitrogens with zero attached hydrogens (tertiary/aromatic N) is 6. The Morgan fingerprint density at radius 1 is 0.364 bits per heavy atom. The van der Waals surface area contributed by atoms with Gasteiger partial charge in [0.2, 0.25) is 5.69 Å². The van der Waals surface area contributed by atoms with Crippen molar-refractivity contribution < 1.29 is 0 Å². The predicted molar refractivity (Wildman–Crippen MR) is 272 cm³/mol. The molecule has 0 atom stereocenters. The minimum absolute atomic E-state index is 0.448. The fraction of sp³-hybridized carbons (Fsp3) is 0. The third kappa shape index (κ3) is 4.82. The van der Waals surface area contributed by atoms with Crippen molar-refractivity contribution in [1.29, 1.82) is 5.26 Å². The van der Waals surface area contributed by atoms with Crippen LogP contribution in [0.2, 0.25) is 0 Å². The fourth-order valence-electron chi connectivity index (χ4n) is 11.1. The monoisotopic (exact) mass is 838 g/mol. The molecule has 0 aliphatic heterocycles. The molecule has 0 aliphatic rings. The van der Waals surface area contributed by atoms with E-state index < -0.39 is 0 Å². The van der Waals surface area contributed by atoms with Crippen molar-refractivity contribution >= 4 is 104 Å². The first kappa shape index (κ1) is 36.2. The SMILES string of the molecule is [C-]#[N+]c1cc(-n2c3ccccc3c3ccc4c5ccccc5n(-c5ccccc5)c4c32)c(C#N)cc1-n1c2ccc(-n3c4ccccc4c4ccccc43)cc2c2c3ccccc3ccc21. The Kier molecular flexibility index (Phi) is 7.43. The van der Waals surface area contributed by atoms with E-state index in [2.05, 4.69) is 211 Å². The molecule has 0 saturated carbocycles. The Morgan fingerprint density at radius 2 is 0.879 bits per heavy atom.